The molecule has 28 heavy (non-hydrogen) atoms. The van der Waals surface area contributed by atoms with Gasteiger partial charge < -0.3 is 9.63 Å². The van der Waals surface area contributed by atoms with Crippen LogP contribution in [0.5, 0.6) is 0 Å². The molecule has 7 heteroatoms. The van der Waals surface area contributed by atoms with Gasteiger partial charge in [0, 0.05) is 6.42 Å². The van der Waals surface area contributed by atoms with Crippen LogP contribution in [0.3, 0.4) is 0 Å². The first-order chi connectivity index (χ1) is 13.5. The van der Waals surface area contributed by atoms with Crippen molar-refractivity contribution in [3.63, 3.8) is 0 Å². The second-order valence-electron chi connectivity index (χ2n) is 6.96. The average Bonchev–Trinajstić information content (AvgIpc) is 2.65. The molecule has 0 aliphatic heterocycles. The molecule has 0 rings (SSSR count). The minimum Gasteiger partial charge on any atom is -0.435 e. The minimum absolute atomic E-state index is 0.173. The summed E-state index contributed by atoms with van der Waals surface area (Å²) in [5.74, 6) is -0.301. The van der Waals surface area contributed by atoms with Gasteiger partial charge in [-0.15, -0.1) is 0 Å². The fourth-order valence-corrected chi connectivity index (χ4v) is 3.41. The SMILES string of the molecule is C[CH+]OP(=O)(O)OC/C=C/OC(=O)CCCCCCCCCCCCCCC. The van der Waals surface area contributed by atoms with Gasteiger partial charge in [0.1, 0.15) is 6.92 Å². The summed E-state index contributed by atoms with van der Waals surface area (Å²) in [5.41, 5.74) is 0. The third-order valence-electron chi connectivity index (χ3n) is 4.35. The van der Waals surface area contributed by atoms with Crippen molar-refractivity contribution < 1.29 is 28.0 Å². The monoisotopic (exact) mass is 419 g/mol. The lowest BCUT2D eigenvalue weighted by Crippen LogP contribution is -1.99. The van der Waals surface area contributed by atoms with Crippen LogP contribution in [0.2, 0.25) is 0 Å². The van der Waals surface area contributed by atoms with Gasteiger partial charge in [-0.2, -0.15) is 0 Å². The summed E-state index contributed by atoms with van der Waals surface area (Å²) in [6.45, 7) is 4.63. The Labute approximate surface area is 171 Å². The van der Waals surface area contributed by atoms with Gasteiger partial charge in [0.2, 0.25) is 6.61 Å². The van der Waals surface area contributed by atoms with Crippen molar-refractivity contribution in [2.24, 2.45) is 0 Å². The Morgan fingerprint density at radius 1 is 0.929 bits per heavy atom. The molecule has 0 aliphatic rings. The van der Waals surface area contributed by atoms with Gasteiger partial charge in [-0.3, -0.25) is 9.32 Å². The Kier molecular flexibility index (Phi) is 18.9. The maximum Gasteiger partial charge on any atom is 0.512 e. The first kappa shape index (κ1) is 27.2. The van der Waals surface area contributed by atoms with Gasteiger partial charge in [-0.1, -0.05) is 88.5 Å². The van der Waals surface area contributed by atoms with E-state index in [4.69, 9.17) is 9.63 Å². The Balaban J connectivity index is 3.37. The summed E-state index contributed by atoms with van der Waals surface area (Å²) < 4.78 is 25.1. The number of esters is 1. The number of hydrogen-bond acceptors (Lipinski definition) is 5. The highest BCUT2D eigenvalue weighted by molar-refractivity contribution is 7.47. The van der Waals surface area contributed by atoms with Crippen LogP contribution in [0, 0.1) is 6.61 Å². The summed E-state index contributed by atoms with van der Waals surface area (Å²) in [5, 5.41) is 0. The molecule has 0 aromatic rings. The summed E-state index contributed by atoms with van der Waals surface area (Å²) in [6, 6.07) is 0. The van der Waals surface area contributed by atoms with E-state index >= 15 is 0 Å². The maximum absolute atomic E-state index is 11.6. The molecule has 6 nitrogen and oxygen atoms in total. The molecule has 0 amide bonds. The van der Waals surface area contributed by atoms with Crippen molar-refractivity contribution in [3.05, 3.63) is 18.9 Å². The Morgan fingerprint density at radius 2 is 1.43 bits per heavy atom. The van der Waals surface area contributed by atoms with Gasteiger partial charge in [0.15, 0.2) is 0 Å². The second kappa shape index (κ2) is 19.5. The van der Waals surface area contributed by atoms with Crippen LogP contribution in [-0.4, -0.2) is 17.5 Å². The number of phosphoric acid groups is 1. The van der Waals surface area contributed by atoms with Crippen LogP contribution in [0.1, 0.15) is 104 Å². The van der Waals surface area contributed by atoms with E-state index in [1.165, 1.54) is 83.5 Å². The molecule has 0 saturated carbocycles. The van der Waals surface area contributed by atoms with Crippen LogP contribution >= 0.6 is 7.82 Å². The molecule has 0 fully saturated rings. The molecule has 0 radical (unpaired) electrons. The highest BCUT2D eigenvalue weighted by Gasteiger charge is 2.24. The van der Waals surface area contributed by atoms with E-state index in [0.717, 1.165) is 25.9 Å². The molecule has 0 aromatic heterocycles. The molecule has 1 atom stereocenters. The van der Waals surface area contributed by atoms with Crippen LogP contribution in [-0.2, 0) is 23.1 Å². The quantitative estimate of drug-likeness (QED) is 0.0765. The number of unbranched alkanes of at least 4 members (excludes halogenated alkanes) is 12. The van der Waals surface area contributed by atoms with E-state index in [1.807, 2.05) is 0 Å². The normalized spacial score (nSPS) is 13.5. The summed E-state index contributed by atoms with van der Waals surface area (Å²) in [7, 11) is -4.05. The van der Waals surface area contributed by atoms with Gasteiger partial charge in [0.25, 0.3) is 0 Å². The highest BCUT2D eigenvalue weighted by atomic mass is 31.2. The van der Waals surface area contributed by atoms with E-state index in [0.29, 0.717) is 6.42 Å². The lowest BCUT2D eigenvalue weighted by molar-refractivity contribution is -0.138. The van der Waals surface area contributed by atoms with E-state index in [2.05, 4.69) is 16.0 Å². The van der Waals surface area contributed by atoms with Crippen LogP contribution in [0.25, 0.3) is 0 Å². The van der Waals surface area contributed by atoms with Gasteiger partial charge in [0.05, 0.1) is 12.9 Å². The maximum atomic E-state index is 11.6. The number of phosphoric ester groups is 1. The largest absolute Gasteiger partial charge is 0.512 e. The zero-order chi connectivity index (χ0) is 20.9. The molecule has 0 aliphatic carbocycles. The topological polar surface area (TPSA) is 82.1 Å². The molecular formula is C21H40O6P+. The molecule has 1 N–H and O–H groups in total. The predicted molar refractivity (Wildman–Crippen MR) is 112 cm³/mol. The third kappa shape index (κ3) is 19.9. The first-order valence-electron chi connectivity index (χ1n) is 10.8. The number of carbonyl (C=O) groups excluding carboxylic acids is 1. The number of rotatable bonds is 20. The van der Waals surface area contributed by atoms with Crippen molar-refractivity contribution in [1.82, 2.24) is 0 Å². The fourth-order valence-electron chi connectivity index (χ4n) is 2.81. The number of carbonyl (C=O) groups is 1. The molecular weight excluding hydrogens is 379 g/mol. The van der Waals surface area contributed by atoms with E-state index < -0.39 is 7.82 Å². The van der Waals surface area contributed by atoms with Gasteiger partial charge in [-0.25, -0.2) is 4.57 Å². The van der Waals surface area contributed by atoms with Crippen molar-refractivity contribution >= 4 is 13.8 Å². The van der Waals surface area contributed by atoms with E-state index in [-0.39, 0.29) is 12.6 Å². The molecule has 0 bridgehead atoms. The average molecular weight is 420 g/mol. The lowest BCUT2D eigenvalue weighted by atomic mass is 10.0. The minimum atomic E-state index is -4.05. The smallest absolute Gasteiger partial charge is 0.435 e. The zero-order valence-corrected chi connectivity index (χ0v) is 18.7. The van der Waals surface area contributed by atoms with E-state index in [1.54, 1.807) is 0 Å². The lowest BCUT2D eigenvalue weighted by Gasteiger charge is -2.04. The molecule has 1 unspecified atom stereocenters. The predicted octanol–water partition coefficient (Wildman–Crippen LogP) is 6.84. The zero-order valence-electron chi connectivity index (χ0n) is 17.8. The molecule has 0 spiro atoms. The highest BCUT2D eigenvalue weighted by Crippen LogP contribution is 2.43. The summed E-state index contributed by atoms with van der Waals surface area (Å²) >= 11 is 0. The first-order valence-corrected chi connectivity index (χ1v) is 12.3. The van der Waals surface area contributed by atoms with E-state index in [9.17, 15) is 9.36 Å². The van der Waals surface area contributed by atoms with Gasteiger partial charge >= 0.3 is 13.8 Å². The Hall–Kier alpha value is -0.810. The Bertz CT molecular complexity index is 439. The number of ether oxygens (including phenoxy) is 1. The molecule has 164 valence electrons. The standard InChI is InChI=1S/C21H39O6P/c1-3-5-6-7-8-9-10-11-12-13-14-15-16-18-21(22)25-19-17-20-27-28(23,24)26-4-2/h4,17,19H,3,5-16,18,20H2,1-2H3/p+1/b19-17+. The Morgan fingerprint density at radius 3 is 1.93 bits per heavy atom. The summed E-state index contributed by atoms with van der Waals surface area (Å²) in [6.07, 6.45) is 19.4. The van der Waals surface area contributed by atoms with Crippen molar-refractivity contribution in [1.29, 1.82) is 0 Å². The fraction of sp³-hybridized carbons (Fsp3) is 0.810. The van der Waals surface area contributed by atoms with Gasteiger partial charge in [-0.05, 0) is 12.5 Å². The summed E-state index contributed by atoms with van der Waals surface area (Å²) in [4.78, 5) is 20.7. The van der Waals surface area contributed by atoms with Crippen molar-refractivity contribution in [2.45, 2.75) is 104 Å². The van der Waals surface area contributed by atoms with Crippen molar-refractivity contribution in [3.8, 4) is 0 Å². The number of hydrogen-bond donors (Lipinski definition) is 1. The van der Waals surface area contributed by atoms with Crippen LogP contribution < -0.4 is 0 Å². The van der Waals surface area contributed by atoms with Crippen molar-refractivity contribution in [2.75, 3.05) is 6.61 Å². The molecule has 0 heterocycles. The second-order valence-corrected chi connectivity index (χ2v) is 8.37. The van der Waals surface area contributed by atoms with Crippen LogP contribution in [0.4, 0.5) is 0 Å². The third-order valence-corrected chi connectivity index (χ3v) is 5.31. The van der Waals surface area contributed by atoms with Crippen LogP contribution in [0.15, 0.2) is 12.3 Å². The molecule has 0 aromatic carbocycles. The molecule has 0 saturated heterocycles.